The molecule has 0 saturated heterocycles. The van der Waals surface area contributed by atoms with E-state index in [1.165, 1.54) is 6.07 Å². The van der Waals surface area contributed by atoms with Gasteiger partial charge in [-0.1, -0.05) is 5.16 Å². The number of nitrogen functional groups attached to an aromatic ring is 1. The van der Waals surface area contributed by atoms with Crippen LogP contribution in [0.4, 0.5) is 11.4 Å². The van der Waals surface area contributed by atoms with Gasteiger partial charge in [-0.05, 0) is 31.5 Å². The highest BCUT2D eigenvalue weighted by molar-refractivity contribution is 7.89. The molecule has 0 radical (unpaired) electrons. The van der Waals surface area contributed by atoms with Crippen LogP contribution in [0.15, 0.2) is 21.6 Å². The average Bonchev–Trinajstić information content (AvgIpc) is 2.77. The van der Waals surface area contributed by atoms with Gasteiger partial charge in [0.05, 0.1) is 4.90 Å². The van der Waals surface area contributed by atoms with Crippen LogP contribution < -0.4 is 16.2 Å². The summed E-state index contributed by atoms with van der Waals surface area (Å²) in [5, 5.41) is 12.0. The Hall–Kier alpha value is -2.13. The lowest BCUT2D eigenvalue weighted by Crippen LogP contribution is -2.16. The minimum atomic E-state index is -3.81. The predicted octanol–water partition coefficient (Wildman–Crippen LogP) is 0.571. The van der Waals surface area contributed by atoms with E-state index in [1.54, 1.807) is 19.9 Å². The maximum Gasteiger partial charge on any atom is 0.238 e. The zero-order valence-electron chi connectivity index (χ0n) is 11.8. The van der Waals surface area contributed by atoms with E-state index in [2.05, 4.69) is 15.5 Å². The fourth-order valence-corrected chi connectivity index (χ4v) is 2.77. The molecule has 0 aliphatic heterocycles. The van der Waals surface area contributed by atoms with Crippen LogP contribution in [0, 0.1) is 13.8 Å². The number of primary sulfonamides is 1. The summed E-state index contributed by atoms with van der Waals surface area (Å²) >= 11 is 0. The standard InChI is InChI=1S/C12H17N5O3S/c1-7-10(5-9(13)6-11(7)21(14,18)19)15-4-3-12-16-8(2)17-20-12/h5-6,15H,3-4,13H2,1-2H3,(H2,14,18,19). The van der Waals surface area contributed by atoms with Gasteiger partial charge in [-0.25, -0.2) is 13.6 Å². The van der Waals surface area contributed by atoms with Gasteiger partial charge in [0, 0.05) is 24.3 Å². The number of nitrogens with one attached hydrogen (secondary N) is 1. The summed E-state index contributed by atoms with van der Waals surface area (Å²) in [5.41, 5.74) is 7.16. The molecule has 1 aromatic carbocycles. The molecule has 1 aromatic heterocycles. The van der Waals surface area contributed by atoms with Gasteiger partial charge in [-0.3, -0.25) is 0 Å². The minimum Gasteiger partial charge on any atom is -0.399 e. The number of benzene rings is 1. The normalized spacial score (nSPS) is 11.6. The van der Waals surface area contributed by atoms with Crippen molar-refractivity contribution < 1.29 is 12.9 Å². The SMILES string of the molecule is Cc1noc(CCNc2cc(N)cc(S(N)(=O)=O)c2C)n1. The van der Waals surface area contributed by atoms with Gasteiger partial charge in [0.2, 0.25) is 15.9 Å². The van der Waals surface area contributed by atoms with Gasteiger partial charge in [-0.2, -0.15) is 4.98 Å². The Morgan fingerprint density at radius 3 is 2.62 bits per heavy atom. The molecule has 1 heterocycles. The van der Waals surface area contributed by atoms with Crippen LogP contribution in [0.25, 0.3) is 0 Å². The number of anilines is 2. The molecule has 8 nitrogen and oxygen atoms in total. The number of aryl methyl sites for hydroxylation is 1. The van der Waals surface area contributed by atoms with Gasteiger partial charge >= 0.3 is 0 Å². The first-order valence-electron chi connectivity index (χ1n) is 6.23. The molecule has 2 aromatic rings. The second kappa shape index (κ2) is 5.70. The molecule has 0 aliphatic carbocycles. The third-order valence-corrected chi connectivity index (χ3v) is 3.95. The van der Waals surface area contributed by atoms with Crippen molar-refractivity contribution in [2.45, 2.75) is 25.2 Å². The van der Waals surface area contributed by atoms with Crippen molar-refractivity contribution >= 4 is 21.4 Å². The number of hydrogen-bond acceptors (Lipinski definition) is 7. The first-order valence-corrected chi connectivity index (χ1v) is 7.78. The smallest absolute Gasteiger partial charge is 0.238 e. The molecular formula is C12H17N5O3S. The number of rotatable bonds is 5. The van der Waals surface area contributed by atoms with Crippen LogP contribution in [0.5, 0.6) is 0 Å². The highest BCUT2D eigenvalue weighted by Gasteiger charge is 2.15. The minimum absolute atomic E-state index is 0.0126. The number of nitrogens with two attached hydrogens (primary N) is 2. The van der Waals surface area contributed by atoms with Crippen LogP contribution in [0.2, 0.25) is 0 Å². The maximum absolute atomic E-state index is 11.5. The van der Waals surface area contributed by atoms with Crippen LogP contribution in [0.3, 0.4) is 0 Å². The van der Waals surface area contributed by atoms with Crippen LogP contribution >= 0.6 is 0 Å². The number of sulfonamides is 1. The molecule has 0 spiro atoms. The Morgan fingerprint density at radius 2 is 2.05 bits per heavy atom. The summed E-state index contributed by atoms with van der Waals surface area (Å²) in [7, 11) is -3.81. The van der Waals surface area contributed by atoms with E-state index in [0.29, 0.717) is 41.6 Å². The van der Waals surface area contributed by atoms with E-state index >= 15 is 0 Å². The molecule has 114 valence electrons. The Bertz CT molecular complexity index is 754. The fourth-order valence-electron chi connectivity index (χ4n) is 1.93. The molecule has 0 aliphatic rings. The summed E-state index contributed by atoms with van der Waals surface area (Å²) in [6, 6.07) is 3.00. The Labute approximate surface area is 122 Å². The van der Waals surface area contributed by atoms with E-state index < -0.39 is 10.0 Å². The van der Waals surface area contributed by atoms with E-state index in [1.807, 2.05) is 0 Å². The van der Waals surface area contributed by atoms with E-state index in [9.17, 15) is 8.42 Å². The van der Waals surface area contributed by atoms with E-state index in [-0.39, 0.29) is 4.90 Å². The van der Waals surface area contributed by atoms with E-state index in [4.69, 9.17) is 15.4 Å². The topological polar surface area (TPSA) is 137 Å². The molecule has 0 saturated carbocycles. The largest absolute Gasteiger partial charge is 0.399 e. The zero-order chi connectivity index (χ0) is 15.6. The zero-order valence-corrected chi connectivity index (χ0v) is 12.6. The Balaban J connectivity index is 2.15. The monoisotopic (exact) mass is 311 g/mol. The van der Waals surface area contributed by atoms with Crippen molar-refractivity contribution in [3.63, 3.8) is 0 Å². The first kappa shape index (κ1) is 15.3. The van der Waals surface area contributed by atoms with Crippen molar-refractivity contribution in [3.8, 4) is 0 Å². The molecular weight excluding hydrogens is 294 g/mol. The maximum atomic E-state index is 11.5. The molecule has 0 unspecified atom stereocenters. The molecule has 5 N–H and O–H groups in total. The van der Waals surface area contributed by atoms with Crippen molar-refractivity contribution in [1.29, 1.82) is 0 Å². The highest BCUT2D eigenvalue weighted by Crippen LogP contribution is 2.25. The highest BCUT2D eigenvalue weighted by atomic mass is 32.2. The summed E-state index contributed by atoms with van der Waals surface area (Å²) in [5.74, 6) is 1.08. The molecule has 2 rings (SSSR count). The predicted molar refractivity (Wildman–Crippen MR) is 78.2 cm³/mol. The van der Waals surface area contributed by atoms with E-state index in [0.717, 1.165) is 0 Å². The molecule has 0 atom stereocenters. The lowest BCUT2D eigenvalue weighted by molar-refractivity contribution is 0.377. The molecule has 0 fully saturated rings. The van der Waals surface area contributed by atoms with Crippen LogP contribution in [0.1, 0.15) is 17.3 Å². The number of aromatic nitrogens is 2. The number of hydrogen-bond donors (Lipinski definition) is 3. The van der Waals surface area contributed by atoms with Gasteiger partial charge in [-0.15, -0.1) is 0 Å². The van der Waals surface area contributed by atoms with Crippen molar-refractivity contribution in [3.05, 3.63) is 29.4 Å². The lowest BCUT2D eigenvalue weighted by Gasteiger charge is -2.13. The Morgan fingerprint density at radius 1 is 1.33 bits per heavy atom. The lowest BCUT2D eigenvalue weighted by atomic mass is 10.1. The van der Waals surface area contributed by atoms with Crippen molar-refractivity contribution in [2.75, 3.05) is 17.6 Å². The van der Waals surface area contributed by atoms with Gasteiger partial charge < -0.3 is 15.6 Å². The molecule has 0 bridgehead atoms. The molecule has 21 heavy (non-hydrogen) atoms. The fraction of sp³-hybridized carbons (Fsp3) is 0.333. The van der Waals surface area contributed by atoms with Gasteiger partial charge in [0.1, 0.15) is 0 Å². The Kier molecular flexibility index (Phi) is 4.14. The third kappa shape index (κ3) is 3.70. The average molecular weight is 311 g/mol. The number of nitrogens with zero attached hydrogens (tertiary/aromatic N) is 2. The molecule has 0 amide bonds. The van der Waals surface area contributed by atoms with Crippen LogP contribution in [-0.4, -0.2) is 25.1 Å². The summed E-state index contributed by atoms with van der Waals surface area (Å²) in [6.45, 7) is 3.90. The third-order valence-electron chi connectivity index (χ3n) is 2.91. The van der Waals surface area contributed by atoms with Crippen molar-refractivity contribution in [2.24, 2.45) is 5.14 Å². The van der Waals surface area contributed by atoms with Crippen molar-refractivity contribution in [1.82, 2.24) is 10.1 Å². The second-order valence-electron chi connectivity index (χ2n) is 4.65. The summed E-state index contributed by atoms with van der Waals surface area (Å²) in [4.78, 5) is 4.09. The van der Waals surface area contributed by atoms with Crippen LogP contribution in [-0.2, 0) is 16.4 Å². The quantitative estimate of drug-likeness (QED) is 0.686. The van der Waals surface area contributed by atoms with Gasteiger partial charge in [0.15, 0.2) is 5.82 Å². The van der Waals surface area contributed by atoms with Gasteiger partial charge in [0.25, 0.3) is 0 Å². The summed E-state index contributed by atoms with van der Waals surface area (Å²) < 4.78 is 28.0. The second-order valence-corrected chi connectivity index (χ2v) is 6.18. The summed E-state index contributed by atoms with van der Waals surface area (Å²) in [6.07, 6.45) is 0.514. The first-order chi connectivity index (χ1) is 9.77. The molecule has 9 heteroatoms.